The van der Waals surface area contributed by atoms with Crippen LogP contribution in [-0.4, -0.2) is 75.8 Å². The zero-order valence-electron chi connectivity index (χ0n) is 17.5. The molecule has 2 unspecified atom stereocenters. The molecule has 156 valence electrons. The van der Waals surface area contributed by atoms with E-state index < -0.39 is 0 Å². The second-order valence-corrected chi connectivity index (χ2v) is 8.45. The minimum Gasteiger partial charge on any atom is -0.354 e. The number of piperidine rings is 2. The number of anilines is 1. The van der Waals surface area contributed by atoms with Gasteiger partial charge in [0.05, 0.1) is 11.4 Å². The molecule has 2 aliphatic rings. The summed E-state index contributed by atoms with van der Waals surface area (Å²) in [5.41, 5.74) is 0.829. The van der Waals surface area contributed by atoms with Crippen molar-refractivity contribution in [3.63, 3.8) is 0 Å². The summed E-state index contributed by atoms with van der Waals surface area (Å²) in [5.74, 6) is 1.74. The molecule has 0 radical (unpaired) electrons. The van der Waals surface area contributed by atoms with E-state index in [0.717, 1.165) is 42.7 Å². The Bertz CT molecular complexity index is 888. The Kier molecular flexibility index (Phi) is 5.43. The first-order valence-electron chi connectivity index (χ1n) is 10.5. The number of likely N-dealkylation sites (N-methyl/N-ethyl adjacent to an activating group) is 1. The van der Waals surface area contributed by atoms with Crippen molar-refractivity contribution in [2.75, 3.05) is 38.1 Å². The van der Waals surface area contributed by atoms with Crippen molar-refractivity contribution in [1.82, 2.24) is 24.8 Å². The first kappa shape index (κ1) is 19.7. The van der Waals surface area contributed by atoms with Crippen molar-refractivity contribution in [2.24, 2.45) is 11.8 Å². The highest BCUT2D eigenvalue weighted by molar-refractivity contribution is 5.87. The summed E-state index contributed by atoms with van der Waals surface area (Å²) in [4.78, 5) is 42.8. The lowest BCUT2D eigenvalue weighted by Gasteiger charge is -2.43. The van der Waals surface area contributed by atoms with Crippen LogP contribution in [0.3, 0.4) is 0 Å². The number of aromatic nitrogens is 3. The molecule has 1 N–H and O–H groups in total. The first-order chi connectivity index (χ1) is 14.0. The van der Waals surface area contributed by atoms with Crippen LogP contribution in [0.25, 0.3) is 11.0 Å². The molecule has 0 bridgehead atoms. The number of amides is 2. The number of nitrogens with one attached hydrogen (secondary N) is 1. The fourth-order valence-corrected chi connectivity index (χ4v) is 4.75. The van der Waals surface area contributed by atoms with E-state index in [9.17, 15) is 9.59 Å². The predicted molar refractivity (Wildman–Crippen MR) is 111 cm³/mol. The zero-order valence-corrected chi connectivity index (χ0v) is 17.5. The van der Waals surface area contributed by atoms with Gasteiger partial charge in [-0.3, -0.25) is 9.59 Å². The average Bonchev–Trinajstić information content (AvgIpc) is 3.22. The van der Waals surface area contributed by atoms with Crippen LogP contribution in [0.4, 0.5) is 5.82 Å². The molecule has 2 atom stereocenters. The molecule has 4 heterocycles. The van der Waals surface area contributed by atoms with E-state index >= 15 is 0 Å². The third-order valence-electron chi connectivity index (χ3n) is 6.68. The van der Waals surface area contributed by atoms with E-state index in [1.807, 2.05) is 22.1 Å². The van der Waals surface area contributed by atoms with E-state index in [-0.39, 0.29) is 23.8 Å². The number of aromatic amines is 1. The molecule has 2 fully saturated rings. The van der Waals surface area contributed by atoms with Crippen LogP contribution in [-0.2, 0) is 9.59 Å². The smallest absolute Gasteiger partial charge is 0.225 e. The van der Waals surface area contributed by atoms with Crippen molar-refractivity contribution >= 4 is 28.7 Å². The molecule has 0 aliphatic carbocycles. The molecular weight excluding hydrogens is 368 g/mol. The molecule has 0 saturated carbocycles. The topological polar surface area (TPSA) is 85.4 Å². The van der Waals surface area contributed by atoms with Crippen LogP contribution in [0.5, 0.6) is 0 Å². The van der Waals surface area contributed by atoms with Gasteiger partial charge in [-0.15, -0.1) is 0 Å². The van der Waals surface area contributed by atoms with Crippen molar-refractivity contribution < 1.29 is 9.59 Å². The van der Waals surface area contributed by atoms with Gasteiger partial charge in [0, 0.05) is 52.3 Å². The molecule has 29 heavy (non-hydrogen) atoms. The largest absolute Gasteiger partial charge is 0.354 e. The Morgan fingerprint density at radius 3 is 2.59 bits per heavy atom. The fourth-order valence-electron chi connectivity index (χ4n) is 4.75. The van der Waals surface area contributed by atoms with E-state index in [1.54, 1.807) is 13.3 Å². The summed E-state index contributed by atoms with van der Waals surface area (Å²) in [6, 6.07) is 2.21. The van der Waals surface area contributed by atoms with Gasteiger partial charge in [0.2, 0.25) is 11.8 Å². The number of hydrogen-bond donors (Lipinski definition) is 1. The molecule has 2 saturated heterocycles. The van der Waals surface area contributed by atoms with Gasteiger partial charge < -0.3 is 19.7 Å². The average molecular weight is 399 g/mol. The number of nitrogens with zero attached hydrogens (tertiary/aromatic N) is 5. The summed E-state index contributed by atoms with van der Waals surface area (Å²) in [5, 5.41) is 1.00. The molecule has 2 aromatic rings. The first-order valence-corrected chi connectivity index (χ1v) is 10.5. The Morgan fingerprint density at radius 2 is 1.86 bits per heavy atom. The van der Waals surface area contributed by atoms with Crippen molar-refractivity contribution in [3.8, 4) is 0 Å². The van der Waals surface area contributed by atoms with E-state index in [0.29, 0.717) is 25.6 Å². The highest BCUT2D eigenvalue weighted by Gasteiger charge is 2.36. The SMILES string of the molecule is CC(=O)N1CCC(C(=O)N2CCC(C)C(N(C)c3ncnc4[nH]ccc34)C2)CC1. The Hall–Kier alpha value is -2.64. The number of H-pyrrole nitrogens is 1. The lowest BCUT2D eigenvalue weighted by atomic mass is 9.89. The van der Waals surface area contributed by atoms with Crippen molar-refractivity contribution in [1.29, 1.82) is 0 Å². The van der Waals surface area contributed by atoms with Gasteiger partial charge in [-0.1, -0.05) is 6.92 Å². The lowest BCUT2D eigenvalue weighted by Crippen LogP contribution is -2.54. The standard InChI is InChI=1S/C21H30N6O2/c1-14-5-9-27(21(29)16-6-10-26(11-7-16)15(2)28)12-18(14)25(3)20-17-4-8-22-19(17)23-13-24-20/h4,8,13-14,16,18H,5-7,9-12H2,1-3H3,(H,22,23,24). The summed E-state index contributed by atoms with van der Waals surface area (Å²) in [7, 11) is 2.06. The molecule has 2 aliphatic heterocycles. The Balaban J connectivity index is 1.46. The summed E-state index contributed by atoms with van der Waals surface area (Å²) in [6.45, 7) is 6.74. The van der Waals surface area contributed by atoms with E-state index in [4.69, 9.17) is 0 Å². The maximum Gasteiger partial charge on any atom is 0.225 e. The minimum absolute atomic E-state index is 0.0281. The van der Waals surface area contributed by atoms with Crippen LogP contribution in [0.15, 0.2) is 18.6 Å². The van der Waals surface area contributed by atoms with Gasteiger partial charge in [-0.05, 0) is 31.2 Å². The van der Waals surface area contributed by atoms with Crippen LogP contribution in [0.1, 0.15) is 33.1 Å². The van der Waals surface area contributed by atoms with Gasteiger partial charge >= 0.3 is 0 Å². The van der Waals surface area contributed by atoms with E-state index in [1.165, 1.54) is 0 Å². The zero-order chi connectivity index (χ0) is 20.5. The number of rotatable bonds is 3. The maximum absolute atomic E-state index is 13.2. The van der Waals surface area contributed by atoms with Crippen molar-refractivity contribution in [2.45, 2.75) is 39.2 Å². The van der Waals surface area contributed by atoms with E-state index in [2.05, 4.69) is 33.8 Å². The molecule has 2 amide bonds. The quantitative estimate of drug-likeness (QED) is 0.853. The monoisotopic (exact) mass is 398 g/mol. The number of fused-ring (bicyclic) bond motifs is 1. The molecule has 4 rings (SSSR count). The van der Waals surface area contributed by atoms with Gasteiger partial charge in [0.25, 0.3) is 0 Å². The molecule has 8 nitrogen and oxygen atoms in total. The molecular formula is C21H30N6O2. The molecule has 8 heteroatoms. The van der Waals surface area contributed by atoms with Crippen molar-refractivity contribution in [3.05, 3.63) is 18.6 Å². The Labute approximate surface area is 171 Å². The van der Waals surface area contributed by atoms with Gasteiger partial charge in [0.15, 0.2) is 0 Å². The summed E-state index contributed by atoms with van der Waals surface area (Å²) >= 11 is 0. The maximum atomic E-state index is 13.2. The minimum atomic E-state index is 0.0281. The normalized spacial score (nSPS) is 23.4. The third-order valence-corrected chi connectivity index (χ3v) is 6.68. The van der Waals surface area contributed by atoms with Crippen LogP contribution < -0.4 is 4.90 Å². The second-order valence-electron chi connectivity index (χ2n) is 8.45. The number of carbonyl (C=O) groups excluding carboxylic acids is 2. The van der Waals surface area contributed by atoms with Gasteiger partial charge in [-0.25, -0.2) is 9.97 Å². The highest BCUT2D eigenvalue weighted by Crippen LogP contribution is 2.30. The van der Waals surface area contributed by atoms with Gasteiger partial charge in [0.1, 0.15) is 17.8 Å². The molecule has 0 spiro atoms. The Morgan fingerprint density at radius 1 is 1.14 bits per heavy atom. The number of hydrogen-bond acceptors (Lipinski definition) is 5. The summed E-state index contributed by atoms with van der Waals surface area (Å²) < 4.78 is 0. The molecule has 2 aromatic heterocycles. The number of carbonyl (C=O) groups is 2. The fraction of sp³-hybridized carbons (Fsp3) is 0.619. The summed E-state index contributed by atoms with van der Waals surface area (Å²) in [6.07, 6.45) is 5.98. The highest BCUT2D eigenvalue weighted by atomic mass is 16.2. The van der Waals surface area contributed by atoms with Crippen LogP contribution in [0.2, 0.25) is 0 Å². The van der Waals surface area contributed by atoms with Crippen LogP contribution >= 0.6 is 0 Å². The lowest BCUT2D eigenvalue weighted by molar-refractivity contribution is -0.141. The third kappa shape index (κ3) is 3.80. The molecule has 0 aromatic carbocycles. The second kappa shape index (κ2) is 8.00. The van der Waals surface area contributed by atoms with Gasteiger partial charge in [-0.2, -0.15) is 0 Å². The van der Waals surface area contributed by atoms with Crippen LogP contribution in [0, 0.1) is 11.8 Å². The number of likely N-dealkylation sites (tertiary alicyclic amines) is 2. The predicted octanol–water partition coefficient (Wildman–Crippen LogP) is 1.89.